The van der Waals surface area contributed by atoms with E-state index < -0.39 is 0 Å². The molecule has 0 amide bonds. The molecule has 3 aromatic rings. The maximum Gasteiger partial charge on any atom is 0.213 e. The Kier molecular flexibility index (Phi) is 5.67. The number of anilines is 2. The van der Waals surface area contributed by atoms with Crippen molar-refractivity contribution in [3.05, 3.63) is 90.2 Å². The molecule has 0 spiro atoms. The first kappa shape index (κ1) is 21.6. The van der Waals surface area contributed by atoms with Crippen LogP contribution in [-0.2, 0) is 0 Å². The number of halogens is 1. The minimum atomic E-state index is -0.276. The van der Waals surface area contributed by atoms with E-state index in [4.69, 9.17) is 14.7 Å². The van der Waals surface area contributed by atoms with Crippen molar-refractivity contribution in [2.24, 2.45) is 4.99 Å². The summed E-state index contributed by atoms with van der Waals surface area (Å²) in [6.45, 7) is 4.07. The highest BCUT2D eigenvalue weighted by molar-refractivity contribution is 5.84. The standard InChI is InChI=1S/C27H24FN5O/c1-17(2)30-23-15-26-24(14-22(23)31-19-10-13-27(34-3)29-16-19)32-21-6-4-5-7-25(21)33(26)20-11-8-18(28)9-12-20/h4-17,31H,1-3H3. The number of fused-ring (bicyclic) bond motifs is 2. The van der Waals surface area contributed by atoms with Crippen LogP contribution in [0.4, 0.5) is 15.8 Å². The van der Waals surface area contributed by atoms with Crippen molar-refractivity contribution in [2.45, 2.75) is 19.9 Å². The van der Waals surface area contributed by atoms with Crippen molar-refractivity contribution in [3.63, 3.8) is 0 Å². The maximum atomic E-state index is 13.7. The molecule has 1 aliphatic carbocycles. The van der Waals surface area contributed by atoms with Gasteiger partial charge in [0, 0.05) is 17.8 Å². The Bertz CT molecular complexity index is 1490. The van der Waals surface area contributed by atoms with Gasteiger partial charge >= 0.3 is 0 Å². The normalized spacial score (nSPS) is 12.0. The van der Waals surface area contributed by atoms with E-state index in [9.17, 15) is 4.39 Å². The van der Waals surface area contributed by atoms with Crippen molar-refractivity contribution in [1.29, 1.82) is 0 Å². The number of para-hydroxylation sites is 2. The van der Waals surface area contributed by atoms with E-state index >= 15 is 0 Å². The molecule has 0 unspecified atom stereocenters. The fraction of sp³-hybridized carbons (Fsp3) is 0.148. The lowest BCUT2D eigenvalue weighted by Crippen LogP contribution is -2.16. The van der Waals surface area contributed by atoms with Crippen LogP contribution in [0.25, 0.3) is 28.1 Å². The highest BCUT2D eigenvalue weighted by Crippen LogP contribution is 2.30. The number of hydrogen-bond donors (Lipinski definition) is 1. The number of methoxy groups -OCH3 is 1. The van der Waals surface area contributed by atoms with Gasteiger partial charge < -0.3 is 14.6 Å². The monoisotopic (exact) mass is 453 g/mol. The zero-order valence-corrected chi connectivity index (χ0v) is 19.2. The molecule has 34 heavy (non-hydrogen) atoms. The molecule has 1 aromatic heterocycles. The zero-order valence-electron chi connectivity index (χ0n) is 19.2. The molecule has 1 N–H and O–H groups in total. The third kappa shape index (κ3) is 4.20. The van der Waals surface area contributed by atoms with E-state index in [1.165, 1.54) is 12.1 Å². The Morgan fingerprint density at radius 3 is 2.50 bits per heavy atom. The van der Waals surface area contributed by atoms with Crippen LogP contribution >= 0.6 is 0 Å². The predicted molar refractivity (Wildman–Crippen MR) is 132 cm³/mol. The highest BCUT2D eigenvalue weighted by atomic mass is 19.1. The van der Waals surface area contributed by atoms with Crippen LogP contribution < -0.4 is 15.4 Å². The molecule has 0 saturated heterocycles. The summed E-state index contributed by atoms with van der Waals surface area (Å²) in [4.78, 5) is 14.1. The molecule has 0 bridgehead atoms. The van der Waals surface area contributed by atoms with E-state index in [1.807, 2.05) is 56.3 Å². The minimum Gasteiger partial charge on any atom is -0.481 e. The van der Waals surface area contributed by atoms with Gasteiger partial charge in [-0.25, -0.2) is 14.4 Å². The fourth-order valence-corrected chi connectivity index (χ4v) is 3.93. The second-order valence-corrected chi connectivity index (χ2v) is 8.21. The Morgan fingerprint density at radius 1 is 1.00 bits per heavy atom. The van der Waals surface area contributed by atoms with Gasteiger partial charge in [0.25, 0.3) is 0 Å². The van der Waals surface area contributed by atoms with Crippen LogP contribution in [0, 0.1) is 5.82 Å². The van der Waals surface area contributed by atoms with Gasteiger partial charge in [-0.2, -0.15) is 0 Å². The number of aromatic nitrogens is 3. The molecule has 0 radical (unpaired) electrons. The summed E-state index contributed by atoms with van der Waals surface area (Å²) >= 11 is 0. The van der Waals surface area contributed by atoms with Crippen LogP contribution in [-0.4, -0.2) is 27.7 Å². The third-order valence-electron chi connectivity index (χ3n) is 5.40. The summed E-state index contributed by atoms with van der Waals surface area (Å²) in [6.07, 6.45) is 1.72. The Morgan fingerprint density at radius 2 is 1.79 bits per heavy atom. The predicted octanol–water partition coefficient (Wildman–Crippen LogP) is 5.73. The third-order valence-corrected chi connectivity index (χ3v) is 5.40. The molecule has 0 atom stereocenters. The second-order valence-electron chi connectivity index (χ2n) is 8.21. The van der Waals surface area contributed by atoms with E-state index in [-0.39, 0.29) is 11.9 Å². The van der Waals surface area contributed by atoms with Gasteiger partial charge in [0.15, 0.2) is 0 Å². The molecule has 0 saturated carbocycles. The molecular weight excluding hydrogens is 429 g/mol. The lowest BCUT2D eigenvalue weighted by Gasteiger charge is -2.20. The molecule has 5 rings (SSSR count). The lowest BCUT2D eigenvalue weighted by atomic mass is 10.1. The molecule has 6 nitrogen and oxygen atoms in total. The Balaban J connectivity index is 1.77. The largest absolute Gasteiger partial charge is 0.481 e. The Labute approximate surface area is 196 Å². The summed E-state index contributed by atoms with van der Waals surface area (Å²) in [5.41, 5.74) is 5.91. The van der Waals surface area contributed by atoms with Crippen molar-refractivity contribution in [2.75, 3.05) is 12.4 Å². The smallest absolute Gasteiger partial charge is 0.213 e. The van der Waals surface area contributed by atoms with Gasteiger partial charge in [-0.15, -0.1) is 0 Å². The molecule has 0 fully saturated rings. The number of rotatable bonds is 5. The van der Waals surface area contributed by atoms with Crippen LogP contribution in [0.5, 0.6) is 5.88 Å². The van der Waals surface area contributed by atoms with Crippen molar-refractivity contribution in [1.82, 2.24) is 14.5 Å². The van der Waals surface area contributed by atoms with Gasteiger partial charge in [0.1, 0.15) is 5.82 Å². The van der Waals surface area contributed by atoms with Gasteiger partial charge in [0.05, 0.1) is 52.5 Å². The fourth-order valence-electron chi connectivity index (χ4n) is 3.93. The zero-order chi connectivity index (χ0) is 23.7. The minimum absolute atomic E-state index is 0.0830. The van der Waals surface area contributed by atoms with Crippen LogP contribution in [0.2, 0.25) is 0 Å². The molecule has 170 valence electrons. The summed E-state index contributed by atoms with van der Waals surface area (Å²) in [5.74, 6) is 0.270. The first-order chi connectivity index (χ1) is 16.5. The summed E-state index contributed by atoms with van der Waals surface area (Å²) in [5, 5.41) is 4.22. The number of ether oxygens (including phenoxy) is 1. The molecule has 7 heteroatoms. The topological polar surface area (TPSA) is 64.3 Å². The van der Waals surface area contributed by atoms with E-state index in [2.05, 4.69) is 14.9 Å². The molecule has 2 aliphatic rings. The molecule has 1 aliphatic heterocycles. The average Bonchev–Trinajstić information content (AvgIpc) is 2.84. The maximum absolute atomic E-state index is 13.7. The summed E-state index contributed by atoms with van der Waals surface area (Å²) in [7, 11) is 1.59. The van der Waals surface area contributed by atoms with E-state index in [1.54, 1.807) is 31.5 Å². The second kappa shape index (κ2) is 8.94. The van der Waals surface area contributed by atoms with Gasteiger partial charge in [0.2, 0.25) is 5.88 Å². The first-order valence-corrected chi connectivity index (χ1v) is 11.0. The number of nitrogens with zero attached hydrogens (tertiary/aromatic N) is 4. The van der Waals surface area contributed by atoms with E-state index in [0.717, 1.165) is 44.8 Å². The Hall–Kier alpha value is -4.26. The summed E-state index contributed by atoms with van der Waals surface area (Å²) < 4.78 is 20.9. The summed E-state index contributed by atoms with van der Waals surface area (Å²) in [6, 6.07) is 22.2. The van der Waals surface area contributed by atoms with Gasteiger partial charge in [-0.3, -0.25) is 4.99 Å². The lowest BCUT2D eigenvalue weighted by molar-refractivity contribution is 0.398. The number of benzene rings is 3. The molecule has 2 aromatic carbocycles. The van der Waals surface area contributed by atoms with Crippen LogP contribution in [0.3, 0.4) is 0 Å². The average molecular weight is 454 g/mol. The SMILES string of the molecule is COc1ccc(Nc2cc3nc4ccccc4n(-c4ccc(F)cc4)c-3cc2=NC(C)C)cn1. The van der Waals surface area contributed by atoms with E-state index in [0.29, 0.717) is 5.88 Å². The van der Waals surface area contributed by atoms with Gasteiger partial charge in [-0.1, -0.05) is 12.1 Å². The number of pyridine rings is 1. The van der Waals surface area contributed by atoms with Crippen molar-refractivity contribution >= 4 is 22.4 Å². The van der Waals surface area contributed by atoms with Crippen LogP contribution in [0.1, 0.15) is 13.8 Å². The number of nitrogens with one attached hydrogen (secondary N) is 1. The van der Waals surface area contributed by atoms with Crippen LogP contribution in [0.15, 0.2) is 84.0 Å². The quantitative estimate of drug-likeness (QED) is 0.346. The number of hydrogen-bond acceptors (Lipinski definition) is 5. The van der Waals surface area contributed by atoms with Gasteiger partial charge in [-0.05, 0) is 68.4 Å². The molecular formula is C27H24FN5O. The van der Waals surface area contributed by atoms with Crippen molar-refractivity contribution < 1.29 is 9.13 Å². The molecule has 2 heterocycles. The first-order valence-electron chi connectivity index (χ1n) is 11.0. The van der Waals surface area contributed by atoms with Crippen molar-refractivity contribution in [3.8, 4) is 23.0 Å². The highest BCUT2D eigenvalue weighted by Gasteiger charge is 2.17.